The molecular formula is C46H62N10O4Si. The molecule has 0 fully saturated rings. The Hall–Kier alpha value is -5.80. The van der Waals surface area contributed by atoms with Gasteiger partial charge in [0, 0.05) is 49.6 Å². The summed E-state index contributed by atoms with van der Waals surface area (Å²) in [6.45, 7) is 18.4. The largest absolute Gasteiger partial charge is 0.476 e. The number of fused-ring (bicyclic) bond motifs is 2. The fraction of sp³-hybridized carbons (Fsp3) is 0.435. The number of aromatic nitrogens is 8. The summed E-state index contributed by atoms with van der Waals surface area (Å²) in [7, 11) is -1.11. The van der Waals surface area contributed by atoms with Crippen LogP contribution in [0.2, 0.25) is 25.7 Å². The molecular weight excluding hydrogens is 785 g/mol. The number of nitrogens with zero attached hydrogens (tertiary/aromatic N) is 7. The van der Waals surface area contributed by atoms with Gasteiger partial charge in [-0.3, -0.25) is 19.3 Å². The number of amides is 1. The molecule has 0 saturated heterocycles. The molecule has 0 unspecified atom stereocenters. The molecule has 61 heavy (non-hydrogen) atoms. The van der Waals surface area contributed by atoms with Gasteiger partial charge in [-0.25, -0.2) is 9.48 Å². The van der Waals surface area contributed by atoms with Crippen molar-refractivity contribution in [2.24, 2.45) is 10.8 Å². The van der Waals surface area contributed by atoms with Gasteiger partial charge in [0.1, 0.15) is 6.73 Å². The zero-order valence-corrected chi connectivity index (χ0v) is 37.7. The smallest absolute Gasteiger partial charge is 0.356 e. The van der Waals surface area contributed by atoms with Crippen molar-refractivity contribution in [2.45, 2.75) is 112 Å². The summed E-state index contributed by atoms with van der Waals surface area (Å²) in [4.78, 5) is 24.0. The summed E-state index contributed by atoms with van der Waals surface area (Å²) >= 11 is 0. The van der Waals surface area contributed by atoms with Crippen molar-refractivity contribution in [1.29, 1.82) is 0 Å². The summed E-state index contributed by atoms with van der Waals surface area (Å²) < 4.78 is 11.2. The first-order chi connectivity index (χ1) is 28.9. The lowest BCUT2D eigenvalue weighted by molar-refractivity contribution is 0.0667. The number of rotatable bonds is 12. The SMILES string of the molecule is CC1(C)CCc2c(C(=O)Nc3cnn(Cc4ccccc4)c3)n[nH]c2C1.CC1(C)CCc2c(C(=O)O)nn(COCC[Si](C)(C)C)c2C1.Nc1cnn(Cc2ccccc2)c1. The highest BCUT2D eigenvalue weighted by molar-refractivity contribution is 6.76. The first kappa shape index (κ1) is 44.7. The maximum Gasteiger partial charge on any atom is 0.356 e. The molecule has 2 aromatic carbocycles. The van der Waals surface area contributed by atoms with Gasteiger partial charge in [0.05, 0.1) is 36.9 Å². The second kappa shape index (κ2) is 19.3. The van der Waals surface area contributed by atoms with E-state index in [0.29, 0.717) is 30.3 Å². The van der Waals surface area contributed by atoms with Crippen LogP contribution >= 0.6 is 0 Å². The number of hydrogen-bond donors (Lipinski definition) is 4. The number of aromatic carboxylic acids is 1. The Balaban J connectivity index is 0.000000161. The summed E-state index contributed by atoms with van der Waals surface area (Å²) in [5.74, 6) is -1.11. The Bertz CT molecular complexity index is 2370. The maximum absolute atomic E-state index is 12.6. The van der Waals surface area contributed by atoms with Crippen molar-refractivity contribution >= 4 is 31.3 Å². The third-order valence-corrected chi connectivity index (χ3v) is 12.8. The molecule has 324 valence electrons. The number of carboxylic acid groups (broad SMARTS) is 1. The minimum absolute atomic E-state index is 0.179. The van der Waals surface area contributed by atoms with E-state index in [1.54, 1.807) is 17.1 Å². The van der Waals surface area contributed by atoms with Gasteiger partial charge in [0.25, 0.3) is 5.91 Å². The minimum atomic E-state index is -1.11. The third-order valence-electron chi connectivity index (χ3n) is 11.1. The van der Waals surface area contributed by atoms with Gasteiger partial charge in [-0.05, 0) is 66.5 Å². The number of carboxylic acids is 1. The zero-order valence-electron chi connectivity index (χ0n) is 36.7. The number of carbonyl (C=O) groups excluding carboxylic acids is 1. The van der Waals surface area contributed by atoms with E-state index in [1.807, 2.05) is 58.2 Å². The Labute approximate surface area is 359 Å². The normalized spacial score (nSPS) is 15.0. The standard InChI is InChI=1S/C20H23N5O.C16H28N2O3Si.C10H11N3/c1-20(2)9-8-16-17(10-20)23-24-18(16)19(26)22-15-11-21-25(13-15)12-14-6-4-3-5-7-14;1-16(2)7-6-12-13(10-16)18(17-14(12)15(19)20)11-21-8-9-22(3,4)5;11-10-6-12-13(8-10)7-9-4-2-1-3-5-9/h3-7,11,13H,8-10,12H2,1-2H3,(H,22,26)(H,23,24);6-11H2,1-5H3,(H,19,20);1-6,8H,7,11H2. The number of anilines is 2. The molecule has 2 aliphatic rings. The first-order valence-corrected chi connectivity index (χ1v) is 24.8. The molecule has 0 aliphatic heterocycles. The van der Waals surface area contributed by atoms with Crippen LogP contribution in [0.3, 0.4) is 0 Å². The fourth-order valence-electron chi connectivity index (χ4n) is 7.55. The molecule has 14 nitrogen and oxygen atoms in total. The average molecular weight is 847 g/mol. The average Bonchev–Trinajstić information content (AvgIpc) is 4.00. The predicted molar refractivity (Wildman–Crippen MR) is 241 cm³/mol. The lowest BCUT2D eigenvalue weighted by Gasteiger charge is -2.30. The Morgan fingerprint density at radius 2 is 1.43 bits per heavy atom. The number of H-pyrrole nitrogens is 1. The third kappa shape index (κ3) is 12.8. The number of benzene rings is 2. The molecule has 0 spiro atoms. The lowest BCUT2D eigenvalue weighted by Crippen LogP contribution is -2.25. The first-order valence-electron chi connectivity index (χ1n) is 21.1. The number of nitrogens with two attached hydrogens (primary N) is 1. The Morgan fingerprint density at radius 3 is 2.02 bits per heavy atom. The van der Waals surface area contributed by atoms with E-state index in [1.165, 1.54) is 5.56 Å². The van der Waals surface area contributed by atoms with E-state index in [4.69, 9.17) is 10.5 Å². The van der Waals surface area contributed by atoms with Crippen molar-refractivity contribution < 1.29 is 19.4 Å². The predicted octanol–water partition coefficient (Wildman–Crippen LogP) is 8.34. The second-order valence-corrected chi connectivity index (χ2v) is 24.6. The van der Waals surface area contributed by atoms with Crippen molar-refractivity contribution in [3.05, 3.63) is 130 Å². The van der Waals surface area contributed by atoms with Crippen LogP contribution in [0.5, 0.6) is 0 Å². The Morgan fingerprint density at radius 1 is 0.836 bits per heavy atom. The van der Waals surface area contributed by atoms with Crippen LogP contribution < -0.4 is 11.1 Å². The van der Waals surface area contributed by atoms with Crippen LogP contribution in [0.4, 0.5) is 11.4 Å². The maximum atomic E-state index is 12.6. The van der Waals surface area contributed by atoms with Gasteiger partial charge >= 0.3 is 5.97 Å². The summed E-state index contributed by atoms with van der Waals surface area (Å²) in [6, 6.07) is 21.4. The van der Waals surface area contributed by atoms with Crippen molar-refractivity contribution in [3.8, 4) is 0 Å². The number of ether oxygens (including phenoxy) is 1. The van der Waals surface area contributed by atoms with E-state index in [9.17, 15) is 14.7 Å². The minimum Gasteiger partial charge on any atom is -0.476 e. The molecule has 0 saturated carbocycles. The van der Waals surface area contributed by atoms with Crippen LogP contribution in [0.1, 0.15) is 95.2 Å². The van der Waals surface area contributed by atoms with Gasteiger partial charge in [-0.2, -0.15) is 20.4 Å². The van der Waals surface area contributed by atoms with E-state index in [2.05, 4.69) is 102 Å². The lowest BCUT2D eigenvalue weighted by atomic mass is 9.76. The summed E-state index contributed by atoms with van der Waals surface area (Å²) in [5.41, 5.74) is 14.6. The molecule has 6 aromatic rings. The zero-order chi connectivity index (χ0) is 43.8. The fourth-order valence-corrected chi connectivity index (χ4v) is 8.31. The molecule has 0 bridgehead atoms. The molecule has 4 aromatic heterocycles. The topological polar surface area (TPSA) is 184 Å². The van der Waals surface area contributed by atoms with Crippen LogP contribution in [-0.2, 0) is 50.2 Å². The summed E-state index contributed by atoms with van der Waals surface area (Å²) in [5, 5.41) is 32.3. The number of carbonyl (C=O) groups is 2. The highest BCUT2D eigenvalue weighted by Gasteiger charge is 2.33. The number of aromatic amines is 1. The summed E-state index contributed by atoms with van der Waals surface area (Å²) in [6.07, 6.45) is 12.5. The number of hydrogen-bond acceptors (Lipinski definition) is 8. The van der Waals surface area contributed by atoms with Gasteiger partial charge in [0.15, 0.2) is 11.4 Å². The molecule has 0 radical (unpaired) electrons. The van der Waals surface area contributed by atoms with E-state index >= 15 is 0 Å². The highest BCUT2D eigenvalue weighted by Crippen LogP contribution is 2.37. The number of nitrogen functional groups attached to an aromatic ring is 1. The van der Waals surface area contributed by atoms with Gasteiger partial charge in [-0.15, -0.1) is 0 Å². The van der Waals surface area contributed by atoms with E-state index in [-0.39, 0.29) is 22.4 Å². The molecule has 2 aliphatic carbocycles. The van der Waals surface area contributed by atoms with E-state index in [0.717, 1.165) is 85.8 Å². The van der Waals surface area contributed by atoms with Crippen LogP contribution in [-0.4, -0.2) is 71.2 Å². The monoisotopic (exact) mass is 846 g/mol. The van der Waals surface area contributed by atoms with Crippen molar-refractivity contribution in [1.82, 2.24) is 39.5 Å². The van der Waals surface area contributed by atoms with Crippen molar-refractivity contribution in [2.75, 3.05) is 17.7 Å². The quantitative estimate of drug-likeness (QED) is 0.0695. The van der Waals surface area contributed by atoms with Crippen molar-refractivity contribution in [3.63, 3.8) is 0 Å². The van der Waals surface area contributed by atoms with Crippen LogP contribution in [0.15, 0.2) is 85.5 Å². The molecule has 15 heteroatoms. The second-order valence-electron chi connectivity index (χ2n) is 19.0. The molecule has 8 rings (SSSR count). The van der Waals surface area contributed by atoms with Crippen LogP contribution in [0.25, 0.3) is 0 Å². The van der Waals surface area contributed by atoms with Gasteiger partial charge in [0.2, 0.25) is 0 Å². The van der Waals surface area contributed by atoms with Gasteiger partial charge < -0.3 is 20.9 Å². The molecule has 0 atom stereocenters. The molecule has 4 heterocycles. The van der Waals surface area contributed by atoms with Crippen LogP contribution in [0, 0.1) is 10.8 Å². The Kier molecular flexibility index (Phi) is 14.1. The number of nitrogens with one attached hydrogen (secondary N) is 2. The molecule has 5 N–H and O–H groups in total. The highest BCUT2D eigenvalue weighted by atomic mass is 28.3. The van der Waals surface area contributed by atoms with E-state index < -0.39 is 14.0 Å². The molecule has 1 amide bonds. The van der Waals surface area contributed by atoms with Gasteiger partial charge in [-0.1, -0.05) is 108 Å².